The highest BCUT2D eigenvalue weighted by Crippen LogP contribution is 2.68. The number of carbonyl (C=O) groups is 2. The molecule has 3 rings (SSSR count). The molecule has 3 fully saturated rings. The number of aliphatic hydroxyl groups excluding tert-OH is 2. The summed E-state index contributed by atoms with van der Waals surface area (Å²) in [5.41, 5.74) is -2.67. The summed E-state index contributed by atoms with van der Waals surface area (Å²) in [5.74, 6) is -1.03. The van der Waals surface area contributed by atoms with Gasteiger partial charge in [0.15, 0.2) is 0 Å². The largest absolute Gasteiger partial charge is 0.458 e. The van der Waals surface area contributed by atoms with Crippen LogP contribution in [0.15, 0.2) is 0 Å². The Labute approximate surface area is 158 Å². The van der Waals surface area contributed by atoms with Gasteiger partial charge >= 0.3 is 5.97 Å². The second-order valence-electron chi connectivity index (χ2n) is 8.62. The summed E-state index contributed by atoms with van der Waals surface area (Å²) in [5, 5.41) is 21.4. The van der Waals surface area contributed by atoms with Gasteiger partial charge in [0.1, 0.15) is 18.8 Å². The molecule has 1 amide bonds. The molecule has 5 atom stereocenters. The molecule has 154 valence electrons. The predicted molar refractivity (Wildman–Crippen MR) is 92.8 cm³/mol. The third-order valence-electron chi connectivity index (χ3n) is 6.71. The van der Waals surface area contributed by atoms with Crippen molar-refractivity contribution in [2.75, 3.05) is 19.8 Å². The van der Waals surface area contributed by atoms with E-state index in [4.69, 9.17) is 8.92 Å². The molecule has 10 heteroatoms. The molecule has 2 saturated carbocycles. The van der Waals surface area contributed by atoms with Crippen molar-refractivity contribution < 1.29 is 37.1 Å². The molecule has 1 heterocycles. The van der Waals surface area contributed by atoms with Gasteiger partial charge in [-0.3, -0.25) is 13.8 Å². The number of carbonyl (C=O) groups excluding carboxylic acids is 2. The summed E-state index contributed by atoms with van der Waals surface area (Å²) in [6, 6.07) is 0. The van der Waals surface area contributed by atoms with Gasteiger partial charge in [-0.2, -0.15) is 8.42 Å². The van der Waals surface area contributed by atoms with Crippen molar-refractivity contribution in [1.29, 1.82) is 0 Å². The minimum Gasteiger partial charge on any atom is -0.458 e. The molecule has 3 aliphatic rings. The van der Waals surface area contributed by atoms with Gasteiger partial charge in [-0.25, -0.2) is 0 Å². The van der Waals surface area contributed by atoms with Crippen LogP contribution in [0.2, 0.25) is 0 Å². The van der Waals surface area contributed by atoms with Crippen molar-refractivity contribution in [1.82, 2.24) is 5.32 Å². The summed E-state index contributed by atoms with van der Waals surface area (Å²) < 4.78 is 35.2. The minimum absolute atomic E-state index is 0.0655. The fourth-order valence-electron chi connectivity index (χ4n) is 4.66. The molecule has 9 nitrogen and oxygen atoms in total. The molecule has 1 aliphatic heterocycles. The smallest absolute Gasteiger partial charge is 0.325 e. The van der Waals surface area contributed by atoms with E-state index in [2.05, 4.69) is 5.32 Å². The molecule has 1 saturated heterocycles. The summed E-state index contributed by atoms with van der Waals surface area (Å²) in [7, 11) is -3.90. The second-order valence-corrected chi connectivity index (χ2v) is 10.4. The van der Waals surface area contributed by atoms with Crippen molar-refractivity contribution >= 4 is 22.0 Å². The number of esters is 1. The number of aliphatic hydroxyl groups is 2. The van der Waals surface area contributed by atoms with Crippen LogP contribution in [-0.2, 0) is 28.6 Å². The number of rotatable bonds is 7. The van der Waals surface area contributed by atoms with Crippen LogP contribution in [0.25, 0.3) is 0 Å². The fourth-order valence-corrected chi connectivity index (χ4v) is 6.78. The lowest BCUT2D eigenvalue weighted by Gasteiger charge is -2.36. The molecule has 3 N–H and O–H groups in total. The molecule has 0 radical (unpaired) electrons. The Kier molecular flexibility index (Phi) is 4.86. The first-order chi connectivity index (χ1) is 12.5. The van der Waals surface area contributed by atoms with Crippen LogP contribution in [-0.4, -0.2) is 67.7 Å². The SMILES string of the molecule is CCC(C)(C)C(=O)NCC(=O)OC1C2OS(=O)(=O)C3CC1(CO)CC23CO. The van der Waals surface area contributed by atoms with Gasteiger partial charge in [0.05, 0.1) is 18.5 Å². The molecule has 2 aliphatic carbocycles. The summed E-state index contributed by atoms with van der Waals surface area (Å²) in [6.45, 7) is 4.20. The van der Waals surface area contributed by atoms with Crippen LogP contribution in [0.1, 0.15) is 40.0 Å². The zero-order valence-electron chi connectivity index (χ0n) is 15.7. The number of amides is 1. The number of hydrogen-bond donors (Lipinski definition) is 3. The average Bonchev–Trinajstić information content (AvgIpc) is 3.15. The molecule has 0 aromatic carbocycles. The number of nitrogens with one attached hydrogen (secondary N) is 1. The lowest BCUT2D eigenvalue weighted by Crippen LogP contribution is -2.51. The van der Waals surface area contributed by atoms with Crippen LogP contribution in [0.4, 0.5) is 0 Å². The molecular formula is C17H27NO8S. The van der Waals surface area contributed by atoms with Gasteiger partial charge in [0.25, 0.3) is 10.1 Å². The first kappa shape index (κ1) is 20.5. The Morgan fingerprint density at radius 3 is 2.52 bits per heavy atom. The van der Waals surface area contributed by atoms with Crippen molar-refractivity contribution in [2.24, 2.45) is 16.2 Å². The van der Waals surface area contributed by atoms with E-state index in [0.717, 1.165) is 0 Å². The number of hydrogen-bond acceptors (Lipinski definition) is 8. The molecule has 5 unspecified atom stereocenters. The Hall–Kier alpha value is -1.23. The Bertz CT molecular complexity index is 750. The molecule has 27 heavy (non-hydrogen) atoms. The van der Waals surface area contributed by atoms with Gasteiger partial charge in [-0.1, -0.05) is 20.8 Å². The van der Waals surface area contributed by atoms with Crippen LogP contribution in [0, 0.1) is 16.2 Å². The van der Waals surface area contributed by atoms with E-state index in [1.807, 2.05) is 6.92 Å². The topological polar surface area (TPSA) is 139 Å². The standard InChI is InChI=1S/C17H27NO8S/c1-4-15(2,3)14(22)18-6-11(21)25-12-13-17(9-20)7-16(12,8-19)5-10(17)27(23,24)26-13/h10,12-13,19-20H,4-9H2,1-3H3,(H,18,22). The van der Waals surface area contributed by atoms with Crippen molar-refractivity contribution in [2.45, 2.75) is 57.5 Å². The zero-order valence-corrected chi connectivity index (χ0v) is 16.5. The Morgan fingerprint density at radius 2 is 1.96 bits per heavy atom. The highest BCUT2D eigenvalue weighted by Gasteiger charge is 2.79. The van der Waals surface area contributed by atoms with Gasteiger partial charge in [0, 0.05) is 16.2 Å². The monoisotopic (exact) mass is 405 g/mol. The van der Waals surface area contributed by atoms with Gasteiger partial charge < -0.3 is 20.3 Å². The third kappa shape index (κ3) is 2.88. The van der Waals surface area contributed by atoms with Gasteiger partial charge in [-0.15, -0.1) is 0 Å². The molecule has 0 aromatic rings. The predicted octanol–water partition coefficient (Wildman–Crippen LogP) is -0.687. The molecular weight excluding hydrogens is 378 g/mol. The van der Waals surface area contributed by atoms with E-state index in [-0.39, 0.29) is 31.9 Å². The van der Waals surface area contributed by atoms with Crippen molar-refractivity contribution in [3.8, 4) is 0 Å². The summed E-state index contributed by atoms with van der Waals surface area (Å²) >= 11 is 0. The van der Waals surface area contributed by atoms with E-state index < -0.39 is 56.4 Å². The Morgan fingerprint density at radius 1 is 1.30 bits per heavy atom. The summed E-state index contributed by atoms with van der Waals surface area (Å²) in [6.07, 6.45) is -1.15. The molecule has 2 bridgehead atoms. The van der Waals surface area contributed by atoms with Gasteiger partial charge in [0.2, 0.25) is 5.91 Å². The first-order valence-corrected chi connectivity index (χ1v) is 10.6. The highest BCUT2D eigenvalue weighted by molar-refractivity contribution is 7.87. The maximum Gasteiger partial charge on any atom is 0.325 e. The average molecular weight is 405 g/mol. The fraction of sp³-hybridized carbons (Fsp3) is 0.882. The zero-order chi connectivity index (χ0) is 20.3. The van der Waals surface area contributed by atoms with E-state index in [0.29, 0.717) is 6.42 Å². The lowest BCUT2D eigenvalue weighted by atomic mass is 9.78. The maximum atomic E-state index is 12.3. The number of fused-ring (bicyclic) bond motifs is 1. The minimum atomic E-state index is -3.90. The van der Waals surface area contributed by atoms with Crippen molar-refractivity contribution in [3.63, 3.8) is 0 Å². The van der Waals surface area contributed by atoms with E-state index in [1.54, 1.807) is 13.8 Å². The van der Waals surface area contributed by atoms with Crippen LogP contribution in [0.5, 0.6) is 0 Å². The molecule has 0 aromatic heterocycles. The van der Waals surface area contributed by atoms with Crippen LogP contribution < -0.4 is 5.32 Å². The van der Waals surface area contributed by atoms with Crippen LogP contribution in [0.3, 0.4) is 0 Å². The molecule has 0 spiro atoms. The second kappa shape index (κ2) is 6.40. The summed E-state index contributed by atoms with van der Waals surface area (Å²) in [4.78, 5) is 24.4. The Balaban J connectivity index is 1.74. The quantitative estimate of drug-likeness (QED) is 0.374. The highest BCUT2D eigenvalue weighted by atomic mass is 32.2. The van der Waals surface area contributed by atoms with E-state index in [1.165, 1.54) is 0 Å². The number of ether oxygens (including phenoxy) is 1. The third-order valence-corrected chi connectivity index (χ3v) is 8.51. The van der Waals surface area contributed by atoms with E-state index >= 15 is 0 Å². The lowest BCUT2D eigenvalue weighted by molar-refractivity contribution is -0.165. The van der Waals surface area contributed by atoms with Crippen LogP contribution >= 0.6 is 0 Å². The maximum absolute atomic E-state index is 12.3. The van der Waals surface area contributed by atoms with Gasteiger partial charge in [-0.05, 0) is 19.3 Å². The van der Waals surface area contributed by atoms with Crippen molar-refractivity contribution in [3.05, 3.63) is 0 Å². The normalized spacial score (nSPS) is 38.8. The van der Waals surface area contributed by atoms with E-state index in [9.17, 15) is 28.2 Å². The first-order valence-electron chi connectivity index (χ1n) is 9.10.